The zero-order chi connectivity index (χ0) is 77.6. The van der Waals surface area contributed by atoms with E-state index in [0.717, 1.165) is 50.9 Å². The summed E-state index contributed by atoms with van der Waals surface area (Å²) in [6.45, 7) is 51.9. The first-order chi connectivity index (χ1) is 51.8. The Labute approximate surface area is 657 Å². The van der Waals surface area contributed by atoms with Crippen LogP contribution in [0.15, 0.2) is 255 Å². The van der Waals surface area contributed by atoms with Crippen LogP contribution in [0.1, 0.15) is 208 Å². The molecule has 550 valence electrons. The largest absolute Gasteiger partial charge is 0.311 e. The van der Waals surface area contributed by atoms with Crippen molar-refractivity contribution in [3.8, 4) is 55.6 Å². The Kier molecular flexibility index (Phi) is 16.5. The molecule has 110 heavy (non-hydrogen) atoms. The van der Waals surface area contributed by atoms with Gasteiger partial charge < -0.3 is 14.7 Å². The Morgan fingerprint density at radius 3 is 1.15 bits per heavy atom. The Balaban J connectivity index is 1.04. The molecule has 5 aliphatic rings. The first kappa shape index (κ1) is 72.4. The fraction of sp³-hybridized carbons (Fsp3) is 0.283. The molecule has 0 radical (unpaired) electrons. The first-order valence-corrected chi connectivity index (χ1v) is 40.2. The highest BCUT2D eigenvalue weighted by Crippen LogP contribution is 2.56. The molecule has 0 saturated heterocycles. The van der Waals surface area contributed by atoms with Crippen molar-refractivity contribution >= 4 is 85.1 Å². The Morgan fingerprint density at radius 1 is 0.264 bits per heavy atom. The molecule has 13 aromatic rings. The second-order valence-corrected chi connectivity index (χ2v) is 39.6. The Bertz CT molecular complexity index is 5800. The standard InChI is InChI=1S/C106H108BN3/c1-99(2,3)74-35-27-65(28-36-74)70-53-71(66-29-37-75(38-30-66)100(4,5)6)57-83(56-70)110-94-52-44-79(103(13,14)15)61-92(94)107-91-60-78(102(10,11)12)43-51-93(91)109-80-45-41-77(42-46-80)105(19,20)90-59-69(34-49-87(90)104(16,17)18)73-54-72(67-31-39-76(40-32-67)101(7,8)9)55-82(58-73)108(84-63-95(109)98(107)96(110)64-84)81-47-48-86-89(62-81)106(21,22)88-50-33-68-25-23-24-26-85(68)97(86)88/h23-64H,1-22H3. The minimum atomic E-state index is -0.402. The maximum atomic E-state index is 2.68. The highest BCUT2D eigenvalue weighted by Gasteiger charge is 2.46. The van der Waals surface area contributed by atoms with E-state index in [9.17, 15) is 0 Å². The summed E-state index contributed by atoms with van der Waals surface area (Å²) in [6.07, 6.45) is 0. The van der Waals surface area contributed by atoms with Crippen LogP contribution in [0.5, 0.6) is 0 Å². The summed E-state index contributed by atoms with van der Waals surface area (Å²) >= 11 is 0. The van der Waals surface area contributed by atoms with Crippen molar-refractivity contribution in [1.82, 2.24) is 0 Å². The highest BCUT2D eigenvalue weighted by molar-refractivity contribution is 7.00. The molecule has 4 heterocycles. The average molecular weight is 1430 g/mol. The molecule has 0 spiro atoms. The van der Waals surface area contributed by atoms with Gasteiger partial charge in [-0.15, -0.1) is 0 Å². The molecule has 8 bridgehead atoms. The number of rotatable bonds is 5. The van der Waals surface area contributed by atoms with E-state index in [0.29, 0.717) is 0 Å². The third-order valence-corrected chi connectivity index (χ3v) is 25.1. The van der Waals surface area contributed by atoms with Gasteiger partial charge in [0, 0.05) is 56.3 Å². The van der Waals surface area contributed by atoms with E-state index in [4.69, 9.17) is 0 Å². The molecule has 0 amide bonds. The molecule has 18 rings (SSSR count). The van der Waals surface area contributed by atoms with Gasteiger partial charge in [0.15, 0.2) is 0 Å². The highest BCUT2D eigenvalue weighted by atomic mass is 15.2. The number of hydrogen-bond donors (Lipinski definition) is 0. The second-order valence-electron chi connectivity index (χ2n) is 39.6. The zero-order valence-corrected chi connectivity index (χ0v) is 69.2. The minimum Gasteiger partial charge on any atom is -0.311 e. The number of benzene rings is 13. The van der Waals surface area contributed by atoms with Gasteiger partial charge in [0.05, 0.1) is 5.69 Å². The summed E-state index contributed by atoms with van der Waals surface area (Å²) in [6, 6.07) is 102. The lowest BCUT2D eigenvalue weighted by Gasteiger charge is -2.46. The van der Waals surface area contributed by atoms with E-state index < -0.39 is 5.41 Å². The molecule has 0 fully saturated rings. The molecule has 0 N–H and O–H groups in total. The first-order valence-electron chi connectivity index (χ1n) is 40.2. The van der Waals surface area contributed by atoms with Crippen molar-refractivity contribution < 1.29 is 0 Å². The maximum Gasteiger partial charge on any atom is 0.252 e. The molecule has 0 saturated carbocycles. The number of nitrogens with zero attached hydrogens (tertiary/aromatic N) is 3. The third-order valence-electron chi connectivity index (χ3n) is 25.1. The molecule has 3 nitrogen and oxygen atoms in total. The van der Waals surface area contributed by atoms with Gasteiger partial charge in [0.1, 0.15) is 0 Å². The third kappa shape index (κ3) is 12.2. The van der Waals surface area contributed by atoms with E-state index in [1.807, 2.05) is 0 Å². The summed E-state index contributed by atoms with van der Waals surface area (Å²) in [4.78, 5) is 7.98. The topological polar surface area (TPSA) is 9.72 Å². The predicted molar refractivity (Wildman–Crippen MR) is 476 cm³/mol. The summed E-state index contributed by atoms with van der Waals surface area (Å²) < 4.78 is 0. The summed E-state index contributed by atoms with van der Waals surface area (Å²) in [5.41, 5.74) is 38.0. The van der Waals surface area contributed by atoms with Crippen LogP contribution in [0.4, 0.5) is 51.2 Å². The lowest BCUT2D eigenvalue weighted by atomic mass is 9.33. The van der Waals surface area contributed by atoms with E-state index in [1.54, 1.807) is 0 Å². The van der Waals surface area contributed by atoms with Gasteiger partial charge in [0.2, 0.25) is 0 Å². The van der Waals surface area contributed by atoms with Crippen molar-refractivity contribution in [2.24, 2.45) is 0 Å². The smallest absolute Gasteiger partial charge is 0.252 e. The van der Waals surface area contributed by atoms with Gasteiger partial charge in [-0.25, -0.2) is 0 Å². The second kappa shape index (κ2) is 25.1. The Hall–Kier alpha value is -10.4. The van der Waals surface area contributed by atoms with Crippen LogP contribution in [-0.4, -0.2) is 6.71 Å². The number of anilines is 9. The lowest BCUT2D eigenvalue weighted by molar-refractivity contribution is 0.550. The summed E-state index contributed by atoms with van der Waals surface area (Å²) in [7, 11) is 0. The molecule has 4 aliphatic heterocycles. The fourth-order valence-corrected chi connectivity index (χ4v) is 18.4. The SMILES string of the molecule is CC(C)(C)c1ccc(-c2cc3cc(c2)N(c2ccc4c(c2)C(C)(C)c2ccc5ccccc5c2-4)c2cc4c5c(c2)N(c2cc(-c6ccc(C(C)(C)C)cc6)cc(-c6ccc(C(C)(C)C)cc6)c2)c2ccc(C(C)(C)C)cc2B5c2cc(C(C)(C)C)ccc2N4c2ccc(cc2)C(C)(C)c2cc-3ccc2C(C)(C)C)cc1. The van der Waals surface area contributed by atoms with E-state index in [1.165, 1.54) is 139 Å². The lowest BCUT2D eigenvalue weighted by Crippen LogP contribution is -2.61. The molecule has 4 heteroatoms. The van der Waals surface area contributed by atoms with Crippen LogP contribution in [-0.2, 0) is 43.3 Å². The maximum absolute atomic E-state index is 2.68. The van der Waals surface area contributed by atoms with Crippen molar-refractivity contribution in [2.75, 3.05) is 14.7 Å². The quantitative estimate of drug-likeness (QED) is 0.159. The van der Waals surface area contributed by atoms with Crippen molar-refractivity contribution in [2.45, 2.75) is 196 Å². The van der Waals surface area contributed by atoms with Crippen LogP contribution in [0.25, 0.3) is 66.4 Å². The van der Waals surface area contributed by atoms with Gasteiger partial charge in [0.25, 0.3) is 6.71 Å². The van der Waals surface area contributed by atoms with E-state index in [2.05, 4.69) is 422 Å². The monoisotopic (exact) mass is 1430 g/mol. The van der Waals surface area contributed by atoms with E-state index in [-0.39, 0.29) is 44.6 Å². The normalized spacial score (nSPS) is 14.9. The van der Waals surface area contributed by atoms with Crippen LogP contribution in [0.2, 0.25) is 0 Å². The van der Waals surface area contributed by atoms with Crippen molar-refractivity contribution in [3.63, 3.8) is 0 Å². The van der Waals surface area contributed by atoms with Gasteiger partial charge in [-0.2, -0.15) is 0 Å². The van der Waals surface area contributed by atoms with E-state index >= 15 is 0 Å². The van der Waals surface area contributed by atoms with Crippen LogP contribution >= 0.6 is 0 Å². The molecule has 13 aromatic carbocycles. The molecule has 0 aromatic heterocycles. The van der Waals surface area contributed by atoms with Crippen molar-refractivity contribution in [3.05, 3.63) is 310 Å². The van der Waals surface area contributed by atoms with Gasteiger partial charge in [-0.05, 0) is 262 Å². The fourth-order valence-electron chi connectivity index (χ4n) is 18.4. The molecular weight excluding hydrogens is 1330 g/mol. The molecule has 0 atom stereocenters. The number of fused-ring (bicyclic) bond motifs is 11. The molecule has 1 aliphatic carbocycles. The van der Waals surface area contributed by atoms with Gasteiger partial charge >= 0.3 is 0 Å². The van der Waals surface area contributed by atoms with Gasteiger partial charge in [-0.1, -0.05) is 316 Å². The average Bonchev–Trinajstić information content (AvgIpc) is 0.757. The van der Waals surface area contributed by atoms with Crippen molar-refractivity contribution in [1.29, 1.82) is 0 Å². The van der Waals surface area contributed by atoms with Crippen LogP contribution in [0.3, 0.4) is 0 Å². The zero-order valence-electron chi connectivity index (χ0n) is 69.2. The molecular formula is C106H108BN3. The summed E-state index contributed by atoms with van der Waals surface area (Å²) in [5.74, 6) is 0. The van der Waals surface area contributed by atoms with Crippen LogP contribution in [0, 0.1) is 0 Å². The van der Waals surface area contributed by atoms with Crippen LogP contribution < -0.4 is 31.1 Å². The molecule has 0 unspecified atom stereocenters. The minimum absolute atomic E-state index is 0.00966. The number of hydrogen-bond acceptors (Lipinski definition) is 3. The Morgan fingerprint density at radius 2 is 0.682 bits per heavy atom. The predicted octanol–water partition coefficient (Wildman–Crippen LogP) is 27.8. The van der Waals surface area contributed by atoms with Gasteiger partial charge in [-0.3, -0.25) is 0 Å². The summed E-state index contributed by atoms with van der Waals surface area (Å²) in [5, 5.41) is 2.55.